The standard InChI is InChI=1S/C18H11Cl2N3/c19-15-6-7-16(17(20)9-15)13(10-21)8-14-11-22-23-18(14)12-4-2-1-3-5-12/h1-9,11H,(H,22,23). The van der Waals surface area contributed by atoms with Crippen LogP contribution in [0.4, 0.5) is 0 Å². The molecule has 0 aliphatic rings. The summed E-state index contributed by atoms with van der Waals surface area (Å²) >= 11 is 12.1. The molecule has 0 unspecified atom stereocenters. The molecule has 3 nitrogen and oxygen atoms in total. The van der Waals surface area contributed by atoms with Crippen LogP contribution in [0.1, 0.15) is 11.1 Å². The van der Waals surface area contributed by atoms with Gasteiger partial charge in [0.05, 0.1) is 28.6 Å². The number of nitrogens with one attached hydrogen (secondary N) is 1. The first-order chi connectivity index (χ1) is 11.2. The van der Waals surface area contributed by atoms with Gasteiger partial charge >= 0.3 is 0 Å². The lowest BCUT2D eigenvalue weighted by atomic mass is 10.0. The van der Waals surface area contributed by atoms with Crippen molar-refractivity contribution in [1.29, 1.82) is 5.26 Å². The average Bonchev–Trinajstić information content (AvgIpc) is 3.02. The van der Waals surface area contributed by atoms with Crippen LogP contribution in [0.5, 0.6) is 0 Å². The molecule has 0 amide bonds. The second kappa shape index (κ2) is 6.70. The SMILES string of the molecule is N#CC(=Cc1cn[nH]c1-c1ccccc1)c1ccc(Cl)cc1Cl. The molecule has 0 saturated carbocycles. The second-order valence-electron chi connectivity index (χ2n) is 4.86. The van der Waals surface area contributed by atoms with Gasteiger partial charge in [-0.1, -0.05) is 59.6 Å². The summed E-state index contributed by atoms with van der Waals surface area (Å²) in [6.45, 7) is 0. The molecule has 0 spiro atoms. The van der Waals surface area contributed by atoms with Gasteiger partial charge in [0.15, 0.2) is 0 Å². The first-order valence-corrected chi connectivity index (χ1v) is 7.60. The fourth-order valence-corrected chi connectivity index (χ4v) is 2.78. The third kappa shape index (κ3) is 3.29. The third-order valence-electron chi connectivity index (χ3n) is 3.37. The molecule has 0 fully saturated rings. The summed E-state index contributed by atoms with van der Waals surface area (Å²) in [6.07, 6.45) is 3.45. The van der Waals surface area contributed by atoms with Crippen molar-refractivity contribution in [2.75, 3.05) is 0 Å². The zero-order valence-corrected chi connectivity index (χ0v) is 13.4. The first-order valence-electron chi connectivity index (χ1n) is 6.85. The maximum absolute atomic E-state index is 9.49. The summed E-state index contributed by atoms with van der Waals surface area (Å²) in [4.78, 5) is 0. The predicted molar refractivity (Wildman–Crippen MR) is 94.0 cm³/mol. The van der Waals surface area contributed by atoms with E-state index in [0.29, 0.717) is 21.2 Å². The molecule has 5 heteroatoms. The van der Waals surface area contributed by atoms with Crippen molar-refractivity contribution in [2.45, 2.75) is 0 Å². The highest BCUT2D eigenvalue weighted by molar-refractivity contribution is 6.36. The molecule has 2 aromatic carbocycles. The Morgan fingerprint density at radius 3 is 2.61 bits per heavy atom. The van der Waals surface area contributed by atoms with Crippen LogP contribution in [-0.2, 0) is 0 Å². The van der Waals surface area contributed by atoms with Gasteiger partial charge in [0.25, 0.3) is 0 Å². The number of rotatable bonds is 3. The Labute approximate surface area is 143 Å². The minimum Gasteiger partial charge on any atom is -0.277 e. The molecule has 1 heterocycles. The number of allylic oxidation sites excluding steroid dienone is 1. The quantitative estimate of drug-likeness (QED) is 0.645. The normalized spacial score (nSPS) is 11.3. The summed E-state index contributed by atoms with van der Waals surface area (Å²) in [5.74, 6) is 0. The molecule has 0 bridgehead atoms. The zero-order chi connectivity index (χ0) is 16.2. The highest BCUT2D eigenvalue weighted by Gasteiger charge is 2.10. The van der Waals surface area contributed by atoms with Crippen LogP contribution in [-0.4, -0.2) is 10.2 Å². The van der Waals surface area contributed by atoms with E-state index >= 15 is 0 Å². The molecule has 1 aromatic heterocycles. The van der Waals surface area contributed by atoms with Crippen molar-refractivity contribution >= 4 is 34.9 Å². The number of nitriles is 1. The number of hydrogen-bond acceptors (Lipinski definition) is 2. The second-order valence-corrected chi connectivity index (χ2v) is 5.70. The summed E-state index contributed by atoms with van der Waals surface area (Å²) in [5.41, 5.74) is 3.75. The molecule has 112 valence electrons. The lowest BCUT2D eigenvalue weighted by molar-refractivity contribution is 1.10. The predicted octanol–water partition coefficient (Wildman–Crippen LogP) is 5.45. The molecule has 0 atom stereocenters. The minimum absolute atomic E-state index is 0.440. The molecule has 3 aromatic rings. The number of aromatic amines is 1. The van der Waals surface area contributed by atoms with Gasteiger partial charge in [-0.3, -0.25) is 5.10 Å². The van der Waals surface area contributed by atoms with E-state index in [1.165, 1.54) is 0 Å². The van der Waals surface area contributed by atoms with Crippen LogP contribution in [0.3, 0.4) is 0 Å². The Hall–Kier alpha value is -2.54. The van der Waals surface area contributed by atoms with Crippen molar-refractivity contribution in [3.8, 4) is 17.3 Å². The van der Waals surface area contributed by atoms with E-state index in [0.717, 1.165) is 16.8 Å². The van der Waals surface area contributed by atoms with Crippen LogP contribution in [0, 0.1) is 11.3 Å². The van der Waals surface area contributed by atoms with E-state index in [-0.39, 0.29) is 0 Å². The lowest BCUT2D eigenvalue weighted by Crippen LogP contribution is -1.85. The number of halogens is 2. The zero-order valence-electron chi connectivity index (χ0n) is 11.9. The summed E-state index contributed by atoms with van der Waals surface area (Å²) in [5, 5.41) is 17.5. The molecule has 23 heavy (non-hydrogen) atoms. The Morgan fingerprint density at radius 1 is 1.13 bits per heavy atom. The van der Waals surface area contributed by atoms with Crippen molar-refractivity contribution in [3.05, 3.63) is 75.9 Å². The lowest BCUT2D eigenvalue weighted by Gasteiger charge is -2.04. The van der Waals surface area contributed by atoms with Gasteiger partial charge in [-0.05, 0) is 18.2 Å². The Bertz CT molecular complexity index is 906. The van der Waals surface area contributed by atoms with Gasteiger partial charge in [-0.15, -0.1) is 0 Å². The minimum atomic E-state index is 0.440. The van der Waals surface area contributed by atoms with Crippen molar-refractivity contribution in [1.82, 2.24) is 10.2 Å². The van der Waals surface area contributed by atoms with Crippen molar-refractivity contribution in [2.24, 2.45) is 0 Å². The van der Waals surface area contributed by atoms with Gasteiger partial charge in [0.2, 0.25) is 0 Å². The van der Waals surface area contributed by atoms with Crippen LogP contribution in [0.15, 0.2) is 54.7 Å². The fourth-order valence-electron chi connectivity index (χ4n) is 2.27. The van der Waals surface area contributed by atoms with Crippen molar-refractivity contribution in [3.63, 3.8) is 0 Å². The molecule has 0 saturated heterocycles. The fraction of sp³-hybridized carbons (Fsp3) is 0. The maximum Gasteiger partial charge on any atom is 0.0998 e. The largest absolute Gasteiger partial charge is 0.277 e. The molecular formula is C18H11Cl2N3. The van der Waals surface area contributed by atoms with Crippen LogP contribution in [0.2, 0.25) is 10.0 Å². The van der Waals surface area contributed by atoms with Crippen molar-refractivity contribution < 1.29 is 0 Å². The summed E-state index contributed by atoms with van der Waals surface area (Å²) < 4.78 is 0. The van der Waals surface area contributed by atoms with Crippen LogP contribution >= 0.6 is 23.2 Å². The number of benzene rings is 2. The van der Waals surface area contributed by atoms with Crippen LogP contribution < -0.4 is 0 Å². The van der Waals surface area contributed by atoms with Gasteiger partial charge in [0, 0.05) is 21.7 Å². The summed E-state index contributed by atoms with van der Waals surface area (Å²) in [7, 11) is 0. The third-order valence-corrected chi connectivity index (χ3v) is 3.92. The molecule has 0 aliphatic heterocycles. The molecule has 3 rings (SSSR count). The number of aromatic nitrogens is 2. The Morgan fingerprint density at radius 2 is 1.91 bits per heavy atom. The van der Waals surface area contributed by atoms with E-state index < -0.39 is 0 Å². The average molecular weight is 340 g/mol. The van der Waals surface area contributed by atoms with E-state index in [1.807, 2.05) is 30.3 Å². The van der Waals surface area contributed by atoms with Gasteiger partial charge in [0.1, 0.15) is 0 Å². The molecule has 0 aliphatic carbocycles. The van der Waals surface area contributed by atoms with E-state index in [9.17, 15) is 5.26 Å². The van der Waals surface area contributed by atoms with Crippen LogP contribution in [0.25, 0.3) is 22.9 Å². The van der Waals surface area contributed by atoms with Gasteiger partial charge in [-0.2, -0.15) is 10.4 Å². The summed E-state index contributed by atoms with van der Waals surface area (Å²) in [6, 6.07) is 17.1. The monoisotopic (exact) mass is 339 g/mol. The Kier molecular flexibility index (Phi) is 4.47. The molecule has 1 N–H and O–H groups in total. The van der Waals surface area contributed by atoms with E-state index in [2.05, 4.69) is 16.3 Å². The highest BCUT2D eigenvalue weighted by Crippen LogP contribution is 2.30. The number of hydrogen-bond donors (Lipinski definition) is 1. The van der Waals surface area contributed by atoms with E-state index in [1.54, 1.807) is 30.5 Å². The van der Waals surface area contributed by atoms with Gasteiger partial charge < -0.3 is 0 Å². The number of H-pyrrole nitrogens is 1. The Balaban J connectivity index is 2.07. The molecular weight excluding hydrogens is 329 g/mol. The topological polar surface area (TPSA) is 52.5 Å². The smallest absolute Gasteiger partial charge is 0.0998 e. The van der Waals surface area contributed by atoms with Gasteiger partial charge in [-0.25, -0.2) is 0 Å². The molecule has 0 radical (unpaired) electrons. The first kappa shape index (κ1) is 15.4. The maximum atomic E-state index is 9.49. The highest BCUT2D eigenvalue weighted by atomic mass is 35.5. The number of nitrogens with zero attached hydrogens (tertiary/aromatic N) is 2. The van der Waals surface area contributed by atoms with E-state index in [4.69, 9.17) is 23.2 Å².